The van der Waals surface area contributed by atoms with Gasteiger partial charge in [0.15, 0.2) is 0 Å². The van der Waals surface area contributed by atoms with Crippen LogP contribution in [0.25, 0.3) is 0 Å². The lowest BCUT2D eigenvalue weighted by Crippen LogP contribution is -2.44. The number of hydrogen-bond acceptors (Lipinski definition) is 7. The van der Waals surface area contributed by atoms with E-state index in [9.17, 15) is 0 Å². The van der Waals surface area contributed by atoms with Crippen molar-refractivity contribution in [1.82, 2.24) is 14.3 Å². The van der Waals surface area contributed by atoms with E-state index in [1.54, 1.807) is 24.1 Å². The molecule has 0 bridgehead atoms. The molecule has 0 amide bonds. The Morgan fingerprint density at radius 1 is 0.966 bits per heavy atom. The molecule has 3 aromatic rings. The maximum Gasteiger partial charge on any atom is 0.227 e. The Morgan fingerprint density at radius 3 is 2.38 bits per heavy atom. The number of rotatable bonds is 5. The predicted molar refractivity (Wildman–Crippen MR) is 117 cm³/mol. The number of hydrogen-bond donors (Lipinski definition) is 1. The van der Waals surface area contributed by atoms with E-state index in [1.807, 2.05) is 31.2 Å². The predicted octanol–water partition coefficient (Wildman–Crippen LogP) is 4.23. The van der Waals surface area contributed by atoms with Crippen LogP contribution >= 0.6 is 11.9 Å². The van der Waals surface area contributed by atoms with E-state index in [4.69, 9.17) is 10.2 Å². The average Bonchev–Trinajstić information content (AvgIpc) is 2.75. The maximum absolute atomic E-state index is 8.94. The van der Waals surface area contributed by atoms with Gasteiger partial charge in [-0.15, -0.1) is 0 Å². The first kappa shape index (κ1) is 19.2. The summed E-state index contributed by atoms with van der Waals surface area (Å²) in [4.78, 5) is 12.9. The Morgan fingerprint density at radius 2 is 1.69 bits per heavy atom. The van der Waals surface area contributed by atoms with Crippen molar-refractivity contribution in [2.24, 2.45) is 0 Å². The van der Waals surface area contributed by atoms with Crippen LogP contribution in [0.4, 0.5) is 17.5 Å². The average molecular weight is 403 g/mol. The van der Waals surface area contributed by atoms with Gasteiger partial charge in [0.25, 0.3) is 0 Å². The second-order valence-corrected chi connectivity index (χ2v) is 8.00. The molecule has 4 rings (SSSR count). The minimum Gasteiger partial charge on any atom is -0.340 e. The molecule has 1 aliphatic rings. The SMILES string of the molecule is Cc1cc(Nc2ccc(C#N)cc2)nc(N2CCN(Sc3ccccc3)CC2)n1. The largest absolute Gasteiger partial charge is 0.340 e. The van der Waals surface area contributed by atoms with Crippen LogP contribution in [0.2, 0.25) is 0 Å². The fourth-order valence-corrected chi connectivity index (χ4v) is 4.07. The molecule has 29 heavy (non-hydrogen) atoms. The van der Waals surface area contributed by atoms with Crippen molar-refractivity contribution in [3.05, 3.63) is 71.9 Å². The summed E-state index contributed by atoms with van der Waals surface area (Å²) in [5, 5.41) is 12.3. The number of piperazine rings is 1. The minimum absolute atomic E-state index is 0.640. The number of nitrogens with one attached hydrogen (secondary N) is 1. The fraction of sp³-hybridized carbons (Fsp3) is 0.227. The van der Waals surface area contributed by atoms with E-state index < -0.39 is 0 Å². The summed E-state index contributed by atoms with van der Waals surface area (Å²) < 4.78 is 2.39. The molecule has 0 saturated carbocycles. The van der Waals surface area contributed by atoms with E-state index in [2.05, 4.69) is 49.8 Å². The molecule has 146 valence electrons. The molecule has 1 N–H and O–H groups in total. The molecular formula is C22H22N6S. The molecule has 0 unspecified atom stereocenters. The molecule has 0 atom stereocenters. The molecule has 1 fully saturated rings. The van der Waals surface area contributed by atoms with Gasteiger partial charge in [-0.1, -0.05) is 18.2 Å². The Hall–Kier alpha value is -3.08. The van der Waals surface area contributed by atoms with Crippen molar-refractivity contribution in [2.45, 2.75) is 11.8 Å². The molecular weight excluding hydrogens is 380 g/mol. The van der Waals surface area contributed by atoms with E-state index >= 15 is 0 Å². The first-order chi connectivity index (χ1) is 14.2. The third kappa shape index (κ3) is 5.05. The van der Waals surface area contributed by atoms with Gasteiger partial charge in [0.2, 0.25) is 5.95 Å². The van der Waals surface area contributed by atoms with Crippen molar-refractivity contribution in [3.63, 3.8) is 0 Å². The lowest BCUT2D eigenvalue weighted by Gasteiger charge is -2.34. The van der Waals surface area contributed by atoms with Crippen molar-refractivity contribution in [2.75, 3.05) is 36.4 Å². The summed E-state index contributed by atoms with van der Waals surface area (Å²) in [7, 11) is 0. The van der Waals surface area contributed by atoms with Gasteiger partial charge in [0.05, 0.1) is 11.6 Å². The highest BCUT2D eigenvalue weighted by molar-refractivity contribution is 7.97. The Balaban J connectivity index is 1.40. The van der Waals surface area contributed by atoms with Gasteiger partial charge in [-0.25, -0.2) is 9.29 Å². The third-order valence-corrected chi connectivity index (χ3v) is 5.73. The highest BCUT2D eigenvalue weighted by Crippen LogP contribution is 2.25. The van der Waals surface area contributed by atoms with Crippen molar-refractivity contribution < 1.29 is 0 Å². The summed E-state index contributed by atoms with van der Waals surface area (Å²) in [6, 6.07) is 21.9. The smallest absolute Gasteiger partial charge is 0.227 e. The normalized spacial score (nSPS) is 14.4. The van der Waals surface area contributed by atoms with Crippen LogP contribution in [-0.2, 0) is 0 Å². The van der Waals surface area contributed by atoms with Crippen LogP contribution in [0.3, 0.4) is 0 Å². The first-order valence-electron chi connectivity index (χ1n) is 9.55. The van der Waals surface area contributed by atoms with Gasteiger partial charge >= 0.3 is 0 Å². The zero-order chi connectivity index (χ0) is 20.1. The minimum atomic E-state index is 0.640. The van der Waals surface area contributed by atoms with Crippen LogP contribution < -0.4 is 10.2 Å². The second kappa shape index (κ2) is 8.95. The van der Waals surface area contributed by atoms with Crippen molar-refractivity contribution >= 4 is 29.4 Å². The van der Waals surface area contributed by atoms with E-state index in [1.165, 1.54) is 4.90 Å². The standard InChI is InChI=1S/C22H22N6S/c1-17-15-21(25-19-9-7-18(16-23)8-10-19)26-22(24-17)27-11-13-28(14-12-27)29-20-5-3-2-4-6-20/h2-10,15H,11-14H2,1H3,(H,24,25,26). The van der Waals surface area contributed by atoms with Crippen LogP contribution in [-0.4, -0.2) is 40.5 Å². The summed E-state index contributed by atoms with van der Waals surface area (Å²) in [5.74, 6) is 1.52. The number of aryl methyl sites for hydroxylation is 1. The second-order valence-electron chi connectivity index (χ2n) is 6.83. The monoisotopic (exact) mass is 402 g/mol. The molecule has 0 aliphatic carbocycles. The number of aromatic nitrogens is 2. The van der Waals surface area contributed by atoms with E-state index in [0.717, 1.165) is 49.3 Å². The lowest BCUT2D eigenvalue weighted by molar-refractivity contribution is 0.426. The molecule has 7 heteroatoms. The van der Waals surface area contributed by atoms with Gasteiger partial charge in [-0.3, -0.25) is 0 Å². The Labute approximate surface area is 175 Å². The lowest BCUT2D eigenvalue weighted by atomic mass is 10.2. The van der Waals surface area contributed by atoms with Gasteiger partial charge in [-0.05, 0) is 55.3 Å². The van der Waals surface area contributed by atoms with Gasteiger partial charge < -0.3 is 10.2 Å². The Kier molecular flexibility index (Phi) is 5.94. The van der Waals surface area contributed by atoms with Crippen LogP contribution in [0.15, 0.2) is 65.6 Å². The van der Waals surface area contributed by atoms with Crippen molar-refractivity contribution in [1.29, 1.82) is 5.26 Å². The number of anilines is 3. The fourth-order valence-electron chi connectivity index (χ4n) is 3.14. The highest BCUT2D eigenvalue weighted by atomic mass is 32.2. The molecule has 6 nitrogen and oxygen atoms in total. The maximum atomic E-state index is 8.94. The van der Waals surface area contributed by atoms with E-state index in [0.29, 0.717) is 5.56 Å². The summed E-state index contributed by atoms with van der Waals surface area (Å²) in [6.45, 7) is 5.67. The highest BCUT2D eigenvalue weighted by Gasteiger charge is 2.20. The van der Waals surface area contributed by atoms with Crippen LogP contribution in [0.1, 0.15) is 11.3 Å². The first-order valence-corrected chi connectivity index (χ1v) is 10.3. The third-order valence-electron chi connectivity index (χ3n) is 4.63. The summed E-state index contributed by atoms with van der Waals surface area (Å²) >= 11 is 1.80. The number of nitriles is 1. The topological polar surface area (TPSA) is 68.1 Å². The number of benzene rings is 2. The van der Waals surface area contributed by atoms with Crippen LogP contribution in [0.5, 0.6) is 0 Å². The molecule has 1 aliphatic heterocycles. The van der Waals surface area contributed by atoms with Gasteiger partial charge in [-0.2, -0.15) is 10.2 Å². The molecule has 0 spiro atoms. The zero-order valence-electron chi connectivity index (χ0n) is 16.2. The Bertz CT molecular complexity index is 992. The molecule has 1 aromatic heterocycles. The van der Waals surface area contributed by atoms with Crippen LogP contribution in [0, 0.1) is 18.3 Å². The quantitative estimate of drug-likeness (QED) is 0.641. The summed E-state index contributed by atoms with van der Waals surface area (Å²) in [6.07, 6.45) is 0. The van der Waals surface area contributed by atoms with Crippen molar-refractivity contribution in [3.8, 4) is 6.07 Å². The molecule has 1 saturated heterocycles. The van der Waals surface area contributed by atoms with Gasteiger partial charge in [0.1, 0.15) is 5.82 Å². The molecule has 2 aromatic carbocycles. The van der Waals surface area contributed by atoms with Gasteiger partial charge in [0, 0.05) is 48.5 Å². The number of nitrogens with zero attached hydrogens (tertiary/aromatic N) is 5. The van der Waals surface area contributed by atoms with E-state index in [-0.39, 0.29) is 0 Å². The molecule has 2 heterocycles. The zero-order valence-corrected chi connectivity index (χ0v) is 17.1. The molecule has 0 radical (unpaired) electrons. The summed E-state index contributed by atoms with van der Waals surface area (Å²) in [5.41, 5.74) is 2.46.